The lowest BCUT2D eigenvalue weighted by Gasteiger charge is -2.33. The van der Waals surface area contributed by atoms with Gasteiger partial charge in [-0.15, -0.1) is 0 Å². The molecule has 1 amide bonds. The Morgan fingerprint density at radius 1 is 1.23 bits per heavy atom. The summed E-state index contributed by atoms with van der Waals surface area (Å²) in [6, 6.07) is 10.1. The number of hydrogen-bond donors (Lipinski definition) is 3. The van der Waals surface area contributed by atoms with Crippen molar-refractivity contribution in [2.45, 2.75) is 64.6 Å². The van der Waals surface area contributed by atoms with Crippen LogP contribution in [-0.2, 0) is 4.74 Å². The summed E-state index contributed by atoms with van der Waals surface area (Å²) < 4.78 is 5.45. The molecule has 1 aromatic carbocycles. The standard InChI is InChI=1S/C23H39N5O2/c1-6-14-28-15-12-19(13-16-28)26-21(24-5)25-17-20(18-10-8-7-9-11-18)27-22(29)30-23(2,3)4/h7-11,19-20H,6,12-17H2,1-5H3,(H,27,29)(H2,24,25,26). The van der Waals surface area contributed by atoms with Crippen LogP contribution in [0.25, 0.3) is 0 Å². The largest absolute Gasteiger partial charge is 0.444 e. The molecule has 1 aromatic rings. The molecule has 1 fully saturated rings. The first kappa shape index (κ1) is 24.0. The minimum absolute atomic E-state index is 0.231. The predicted octanol–water partition coefficient (Wildman–Crippen LogP) is 3.29. The minimum atomic E-state index is -0.539. The molecular formula is C23H39N5O2. The second-order valence-electron chi connectivity index (χ2n) is 8.82. The summed E-state index contributed by atoms with van der Waals surface area (Å²) >= 11 is 0. The van der Waals surface area contributed by atoms with E-state index < -0.39 is 11.7 Å². The Labute approximate surface area is 181 Å². The van der Waals surface area contributed by atoms with E-state index in [0.717, 1.165) is 37.5 Å². The summed E-state index contributed by atoms with van der Waals surface area (Å²) in [5.74, 6) is 0.760. The maximum Gasteiger partial charge on any atom is 0.408 e. The molecule has 0 bridgehead atoms. The number of nitrogens with one attached hydrogen (secondary N) is 3. The van der Waals surface area contributed by atoms with E-state index in [1.165, 1.54) is 13.0 Å². The van der Waals surface area contributed by atoms with E-state index in [0.29, 0.717) is 12.6 Å². The zero-order valence-corrected chi connectivity index (χ0v) is 19.2. The third-order valence-corrected chi connectivity index (χ3v) is 5.06. The van der Waals surface area contributed by atoms with Gasteiger partial charge in [-0.25, -0.2) is 4.79 Å². The van der Waals surface area contributed by atoms with E-state index in [1.54, 1.807) is 7.05 Å². The maximum atomic E-state index is 12.3. The van der Waals surface area contributed by atoms with Crippen molar-refractivity contribution in [3.63, 3.8) is 0 Å². The van der Waals surface area contributed by atoms with Crippen molar-refractivity contribution in [1.82, 2.24) is 20.9 Å². The molecule has 0 aliphatic carbocycles. The number of carbonyl (C=O) groups is 1. The van der Waals surface area contributed by atoms with Gasteiger partial charge in [0.2, 0.25) is 0 Å². The van der Waals surface area contributed by atoms with E-state index in [4.69, 9.17) is 4.74 Å². The third-order valence-electron chi connectivity index (χ3n) is 5.06. The third kappa shape index (κ3) is 8.61. The van der Waals surface area contributed by atoms with E-state index in [2.05, 4.69) is 32.8 Å². The fraction of sp³-hybridized carbons (Fsp3) is 0.652. The molecule has 1 saturated heterocycles. The van der Waals surface area contributed by atoms with Crippen LogP contribution in [0, 0.1) is 0 Å². The molecule has 168 valence electrons. The Balaban J connectivity index is 1.92. The van der Waals surface area contributed by atoms with Crippen molar-refractivity contribution in [3.8, 4) is 0 Å². The van der Waals surface area contributed by atoms with Crippen LogP contribution in [0.2, 0.25) is 0 Å². The number of likely N-dealkylation sites (tertiary alicyclic amines) is 1. The molecule has 1 aliphatic heterocycles. The van der Waals surface area contributed by atoms with Crippen molar-refractivity contribution in [3.05, 3.63) is 35.9 Å². The number of nitrogens with zero attached hydrogens (tertiary/aromatic N) is 2. The lowest BCUT2D eigenvalue weighted by Crippen LogP contribution is -2.50. The summed E-state index contributed by atoms with van der Waals surface area (Å²) in [5.41, 5.74) is 0.474. The molecule has 3 N–H and O–H groups in total. The number of piperidine rings is 1. The van der Waals surface area contributed by atoms with Crippen molar-refractivity contribution >= 4 is 12.1 Å². The van der Waals surface area contributed by atoms with Gasteiger partial charge in [-0.1, -0.05) is 37.3 Å². The van der Waals surface area contributed by atoms with Crippen LogP contribution in [0.4, 0.5) is 4.79 Å². The number of amides is 1. The topological polar surface area (TPSA) is 78.0 Å². The van der Waals surface area contributed by atoms with Crippen molar-refractivity contribution in [2.75, 3.05) is 33.2 Å². The quantitative estimate of drug-likeness (QED) is 0.469. The van der Waals surface area contributed by atoms with E-state index in [1.807, 2.05) is 51.1 Å². The van der Waals surface area contributed by atoms with Crippen molar-refractivity contribution < 1.29 is 9.53 Å². The average molecular weight is 418 g/mol. The Hall–Kier alpha value is -2.28. The highest BCUT2D eigenvalue weighted by Gasteiger charge is 2.22. The fourth-order valence-corrected chi connectivity index (χ4v) is 3.59. The molecule has 1 heterocycles. The average Bonchev–Trinajstić information content (AvgIpc) is 2.71. The van der Waals surface area contributed by atoms with Gasteiger partial charge >= 0.3 is 6.09 Å². The molecule has 2 rings (SSSR count). The molecule has 0 saturated carbocycles. The lowest BCUT2D eigenvalue weighted by atomic mass is 10.0. The molecule has 0 radical (unpaired) electrons. The summed E-state index contributed by atoms with van der Waals surface area (Å²) in [5, 5.41) is 9.89. The normalized spacial score (nSPS) is 17.3. The minimum Gasteiger partial charge on any atom is -0.444 e. The van der Waals surface area contributed by atoms with Crippen molar-refractivity contribution in [1.29, 1.82) is 0 Å². The molecule has 1 aliphatic rings. The number of guanidine groups is 1. The predicted molar refractivity (Wildman–Crippen MR) is 123 cm³/mol. The van der Waals surface area contributed by atoms with Gasteiger partial charge in [0, 0.05) is 32.7 Å². The zero-order valence-electron chi connectivity index (χ0n) is 19.2. The molecule has 0 spiro atoms. The van der Waals surface area contributed by atoms with Crippen LogP contribution >= 0.6 is 0 Å². The van der Waals surface area contributed by atoms with Crippen molar-refractivity contribution in [2.24, 2.45) is 4.99 Å². The number of benzene rings is 1. The van der Waals surface area contributed by atoms with Gasteiger partial charge in [0.05, 0.1) is 6.04 Å². The van der Waals surface area contributed by atoms with Gasteiger partial charge in [0.15, 0.2) is 5.96 Å². The van der Waals surface area contributed by atoms with Crippen LogP contribution in [0.15, 0.2) is 35.3 Å². The SMILES string of the molecule is CCCN1CCC(NC(=NC)NCC(NC(=O)OC(C)(C)C)c2ccccc2)CC1. The van der Waals surface area contributed by atoms with Crippen LogP contribution in [0.5, 0.6) is 0 Å². The maximum absolute atomic E-state index is 12.3. The lowest BCUT2D eigenvalue weighted by molar-refractivity contribution is 0.0504. The number of carbonyl (C=O) groups excluding carboxylic acids is 1. The second-order valence-corrected chi connectivity index (χ2v) is 8.82. The second kappa shape index (κ2) is 11.8. The number of hydrogen-bond acceptors (Lipinski definition) is 4. The first-order valence-corrected chi connectivity index (χ1v) is 11.0. The molecule has 0 aromatic heterocycles. The van der Waals surface area contributed by atoms with E-state index in [9.17, 15) is 4.79 Å². The molecule has 1 unspecified atom stereocenters. The highest BCUT2D eigenvalue weighted by atomic mass is 16.6. The Bertz CT molecular complexity index is 664. The first-order valence-electron chi connectivity index (χ1n) is 11.0. The number of rotatable bonds is 7. The number of alkyl carbamates (subject to hydrolysis) is 1. The van der Waals surface area contributed by atoms with Gasteiger partial charge < -0.3 is 25.6 Å². The fourth-order valence-electron chi connectivity index (χ4n) is 3.59. The van der Waals surface area contributed by atoms with Gasteiger partial charge in [0.1, 0.15) is 5.60 Å². The number of ether oxygens (including phenoxy) is 1. The monoisotopic (exact) mass is 417 g/mol. The van der Waals surface area contributed by atoms with Gasteiger partial charge in [0.25, 0.3) is 0 Å². The summed E-state index contributed by atoms with van der Waals surface area (Å²) in [6.45, 7) is 11.7. The van der Waals surface area contributed by atoms with Gasteiger partial charge in [-0.05, 0) is 52.1 Å². The first-order chi connectivity index (χ1) is 14.3. The summed E-state index contributed by atoms with van der Waals surface area (Å²) in [4.78, 5) is 19.2. The van der Waals surface area contributed by atoms with Crippen LogP contribution in [0.3, 0.4) is 0 Å². The smallest absolute Gasteiger partial charge is 0.408 e. The zero-order chi connectivity index (χ0) is 22.0. The van der Waals surface area contributed by atoms with E-state index in [-0.39, 0.29) is 6.04 Å². The molecule has 7 nitrogen and oxygen atoms in total. The molecular weight excluding hydrogens is 378 g/mol. The Morgan fingerprint density at radius 2 is 1.90 bits per heavy atom. The highest BCUT2D eigenvalue weighted by Crippen LogP contribution is 2.14. The Kier molecular flexibility index (Phi) is 9.43. The Morgan fingerprint density at radius 3 is 2.47 bits per heavy atom. The van der Waals surface area contributed by atoms with Crippen LogP contribution in [-0.4, -0.2) is 61.8 Å². The van der Waals surface area contributed by atoms with E-state index >= 15 is 0 Å². The van der Waals surface area contributed by atoms with Crippen LogP contribution in [0.1, 0.15) is 58.6 Å². The van der Waals surface area contributed by atoms with Gasteiger partial charge in [-0.2, -0.15) is 0 Å². The molecule has 30 heavy (non-hydrogen) atoms. The summed E-state index contributed by atoms with van der Waals surface area (Å²) in [6.07, 6.45) is 2.99. The summed E-state index contributed by atoms with van der Waals surface area (Å²) in [7, 11) is 1.78. The van der Waals surface area contributed by atoms with Gasteiger partial charge in [-0.3, -0.25) is 4.99 Å². The van der Waals surface area contributed by atoms with Crippen LogP contribution < -0.4 is 16.0 Å². The number of aliphatic imine (C=N–C) groups is 1. The highest BCUT2D eigenvalue weighted by molar-refractivity contribution is 5.80. The molecule has 7 heteroatoms. The molecule has 1 atom stereocenters.